The number of nitrogens with two attached hydrogens (primary N) is 1. The van der Waals surface area contributed by atoms with Gasteiger partial charge in [0.05, 0.1) is 5.56 Å². The van der Waals surface area contributed by atoms with Crippen molar-refractivity contribution < 1.29 is 18.0 Å². The van der Waals surface area contributed by atoms with Gasteiger partial charge in [0.2, 0.25) is 0 Å². The Labute approximate surface area is 115 Å². The van der Waals surface area contributed by atoms with Crippen molar-refractivity contribution in [3.8, 4) is 0 Å². The van der Waals surface area contributed by atoms with Crippen molar-refractivity contribution >= 4 is 5.91 Å². The second-order valence-electron chi connectivity index (χ2n) is 4.68. The summed E-state index contributed by atoms with van der Waals surface area (Å²) in [5.41, 5.74) is 4.56. The molecular weight excluding hydrogens is 271 g/mol. The molecule has 0 saturated heterocycles. The third-order valence-corrected chi connectivity index (χ3v) is 3.33. The van der Waals surface area contributed by atoms with Gasteiger partial charge in [0.1, 0.15) is 5.69 Å². The fourth-order valence-electron chi connectivity index (χ4n) is 1.54. The van der Waals surface area contributed by atoms with Gasteiger partial charge in [-0.25, -0.2) is 0 Å². The number of halogens is 3. The Balaban J connectivity index is 2.70. The minimum absolute atomic E-state index is 0.0624. The molecule has 0 radical (unpaired) electrons. The molecule has 20 heavy (non-hydrogen) atoms. The molecule has 1 heterocycles. The van der Waals surface area contributed by atoms with Crippen LogP contribution in [0.1, 0.15) is 42.7 Å². The summed E-state index contributed by atoms with van der Waals surface area (Å²) in [6, 6.07) is 1.88. The molecule has 3 N–H and O–H groups in total. The number of hydrogen-bond acceptors (Lipinski definition) is 3. The van der Waals surface area contributed by atoms with Crippen molar-refractivity contribution in [2.75, 3.05) is 6.54 Å². The monoisotopic (exact) mass is 289 g/mol. The highest BCUT2D eigenvalue weighted by molar-refractivity contribution is 5.92. The van der Waals surface area contributed by atoms with E-state index in [0.717, 1.165) is 12.1 Å². The molecule has 0 saturated carbocycles. The molecule has 0 unspecified atom stereocenters. The molecule has 0 aromatic carbocycles. The zero-order chi connectivity index (χ0) is 15.4. The van der Waals surface area contributed by atoms with E-state index in [4.69, 9.17) is 5.73 Å². The van der Waals surface area contributed by atoms with Crippen LogP contribution in [0.3, 0.4) is 0 Å². The van der Waals surface area contributed by atoms with E-state index in [0.29, 0.717) is 19.0 Å². The Morgan fingerprint density at radius 3 is 2.30 bits per heavy atom. The summed E-state index contributed by atoms with van der Waals surface area (Å²) in [6.07, 6.45) is -2.45. The topological polar surface area (TPSA) is 68.0 Å². The van der Waals surface area contributed by atoms with E-state index in [9.17, 15) is 18.0 Å². The molecule has 0 aliphatic rings. The molecule has 0 spiro atoms. The number of alkyl halides is 3. The minimum Gasteiger partial charge on any atom is -0.349 e. The van der Waals surface area contributed by atoms with Crippen LogP contribution in [0.4, 0.5) is 13.2 Å². The van der Waals surface area contributed by atoms with Gasteiger partial charge < -0.3 is 11.1 Å². The number of hydrogen-bond donors (Lipinski definition) is 2. The summed E-state index contributed by atoms with van der Waals surface area (Å²) in [6.45, 7) is 4.07. The number of aromatic nitrogens is 1. The van der Waals surface area contributed by atoms with Crippen molar-refractivity contribution in [1.29, 1.82) is 0 Å². The van der Waals surface area contributed by atoms with Crippen LogP contribution in [0.25, 0.3) is 0 Å². The first kappa shape index (κ1) is 16.4. The molecule has 7 heteroatoms. The molecule has 112 valence electrons. The third-order valence-electron chi connectivity index (χ3n) is 3.33. The van der Waals surface area contributed by atoms with Crippen LogP contribution in [0.15, 0.2) is 18.3 Å². The Bertz CT molecular complexity index is 453. The first-order valence-corrected chi connectivity index (χ1v) is 6.32. The first-order valence-electron chi connectivity index (χ1n) is 6.32. The van der Waals surface area contributed by atoms with E-state index in [1.807, 2.05) is 13.8 Å². The van der Waals surface area contributed by atoms with Gasteiger partial charge in [0.25, 0.3) is 5.91 Å². The fourth-order valence-corrected chi connectivity index (χ4v) is 1.54. The lowest BCUT2D eigenvalue weighted by molar-refractivity contribution is -0.137. The zero-order valence-corrected chi connectivity index (χ0v) is 11.4. The fraction of sp³-hybridized carbons (Fsp3) is 0.538. The number of amides is 1. The first-order chi connectivity index (χ1) is 9.22. The van der Waals surface area contributed by atoms with Gasteiger partial charge in [-0.3, -0.25) is 9.78 Å². The lowest BCUT2D eigenvalue weighted by atomic mass is 9.94. The highest BCUT2D eigenvalue weighted by Crippen LogP contribution is 2.28. The number of pyridine rings is 1. The summed E-state index contributed by atoms with van der Waals surface area (Å²) in [5, 5.41) is 2.59. The Hall–Kier alpha value is -1.63. The molecule has 1 rings (SSSR count). The summed E-state index contributed by atoms with van der Waals surface area (Å²) >= 11 is 0. The van der Waals surface area contributed by atoms with Gasteiger partial charge in [0, 0.05) is 18.3 Å². The molecule has 4 nitrogen and oxygen atoms in total. The van der Waals surface area contributed by atoms with E-state index in [1.54, 1.807) is 0 Å². The third kappa shape index (κ3) is 4.19. The molecule has 1 aromatic rings. The summed E-state index contributed by atoms with van der Waals surface area (Å²) in [4.78, 5) is 15.3. The van der Waals surface area contributed by atoms with E-state index in [2.05, 4.69) is 10.3 Å². The Kier molecular flexibility index (Phi) is 5.10. The van der Waals surface area contributed by atoms with E-state index < -0.39 is 23.2 Å². The van der Waals surface area contributed by atoms with Crippen molar-refractivity contribution in [2.45, 2.75) is 38.4 Å². The van der Waals surface area contributed by atoms with E-state index in [1.165, 1.54) is 0 Å². The standard InChI is InChI=1S/C13H18F3N3O/c1-3-12(17,4-2)8-19-11(20)10-6-5-9(7-18-10)13(14,15)16/h5-7H,3-4,8,17H2,1-2H3,(H,19,20). The van der Waals surface area contributed by atoms with Gasteiger partial charge in [-0.2, -0.15) is 13.2 Å². The molecule has 0 aliphatic carbocycles. The molecule has 0 aliphatic heterocycles. The largest absolute Gasteiger partial charge is 0.417 e. The van der Waals surface area contributed by atoms with Crippen LogP contribution in [-0.2, 0) is 6.18 Å². The molecule has 1 aromatic heterocycles. The predicted molar refractivity (Wildman–Crippen MR) is 69.1 cm³/mol. The quantitative estimate of drug-likeness (QED) is 0.874. The molecule has 0 fully saturated rings. The molecule has 0 bridgehead atoms. The SMILES string of the molecule is CCC(N)(CC)CNC(=O)c1ccc(C(F)(F)F)cn1. The van der Waals surface area contributed by atoms with Crippen molar-refractivity contribution in [3.63, 3.8) is 0 Å². The number of carbonyl (C=O) groups excluding carboxylic acids is 1. The number of nitrogens with one attached hydrogen (secondary N) is 1. The van der Waals surface area contributed by atoms with Crippen LogP contribution < -0.4 is 11.1 Å². The van der Waals surface area contributed by atoms with Crippen LogP contribution in [0.2, 0.25) is 0 Å². The average molecular weight is 289 g/mol. The lowest BCUT2D eigenvalue weighted by Crippen LogP contribution is -2.49. The van der Waals surface area contributed by atoms with Crippen LogP contribution in [0, 0.1) is 0 Å². The second kappa shape index (κ2) is 6.21. The molecular formula is C13H18F3N3O. The van der Waals surface area contributed by atoms with Crippen LogP contribution >= 0.6 is 0 Å². The van der Waals surface area contributed by atoms with E-state index >= 15 is 0 Å². The lowest BCUT2D eigenvalue weighted by Gasteiger charge is -2.26. The second-order valence-corrected chi connectivity index (χ2v) is 4.68. The average Bonchev–Trinajstić information content (AvgIpc) is 2.43. The predicted octanol–water partition coefficient (Wildman–Crippen LogP) is 2.35. The van der Waals surface area contributed by atoms with E-state index in [-0.39, 0.29) is 12.2 Å². The van der Waals surface area contributed by atoms with Crippen molar-refractivity contribution in [2.24, 2.45) is 5.73 Å². The summed E-state index contributed by atoms with van der Waals surface area (Å²) < 4.78 is 37.1. The van der Waals surface area contributed by atoms with Gasteiger partial charge in [-0.15, -0.1) is 0 Å². The van der Waals surface area contributed by atoms with Crippen LogP contribution in [0.5, 0.6) is 0 Å². The molecule has 0 atom stereocenters. The zero-order valence-electron chi connectivity index (χ0n) is 11.4. The normalized spacial score (nSPS) is 12.3. The van der Waals surface area contributed by atoms with Gasteiger partial charge in [0.15, 0.2) is 0 Å². The van der Waals surface area contributed by atoms with Gasteiger partial charge in [-0.05, 0) is 25.0 Å². The van der Waals surface area contributed by atoms with Crippen LogP contribution in [-0.4, -0.2) is 23.0 Å². The highest BCUT2D eigenvalue weighted by Gasteiger charge is 2.31. The molecule has 1 amide bonds. The Morgan fingerprint density at radius 2 is 1.90 bits per heavy atom. The minimum atomic E-state index is -4.46. The number of nitrogens with zero attached hydrogens (tertiary/aromatic N) is 1. The van der Waals surface area contributed by atoms with Gasteiger partial charge >= 0.3 is 6.18 Å². The Morgan fingerprint density at radius 1 is 1.30 bits per heavy atom. The maximum Gasteiger partial charge on any atom is 0.417 e. The smallest absolute Gasteiger partial charge is 0.349 e. The summed E-state index contributed by atoms with van der Waals surface area (Å²) in [7, 11) is 0. The maximum absolute atomic E-state index is 12.4. The highest BCUT2D eigenvalue weighted by atomic mass is 19.4. The maximum atomic E-state index is 12.4. The summed E-state index contributed by atoms with van der Waals surface area (Å²) in [5.74, 6) is -0.532. The van der Waals surface area contributed by atoms with Crippen molar-refractivity contribution in [1.82, 2.24) is 10.3 Å². The number of rotatable bonds is 5. The number of carbonyl (C=O) groups is 1. The van der Waals surface area contributed by atoms with Crippen molar-refractivity contribution in [3.05, 3.63) is 29.6 Å². The van der Waals surface area contributed by atoms with Gasteiger partial charge in [-0.1, -0.05) is 13.8 Å².